The molecule has 2 rings (SSSR count). The number of carbonyl (C=O) groups is 1. The van der Waals surface area contributed by atoms with Crippen LogP contribution in [0.15, 0.2) is 52.1 Å². The number of nitrogens with zero attached hydrogens (tertiary/aromatic N) is 1. The maximum absolute atomic E-state index is 13.1. The smallest absolute Gasteiger partial charge is 0.397 e. The molecule has 0 fully saturated rings. The molecule has 0 saturated heterocycles. The maximum atomic E-state index is 13.1. The van der Waals surface area contributed by atoms with E-state index in [-0.39, 0.29) is 18.6 Å². The van der Waals surface area contributed by atoms with Crippen LogP contribution in [0.25, 0.3) is 0 Å². The number of allylic oxidation sites excluding steroid dienone is 5. The highest BCUT2D eigenvalue weighted by atomic mass is 32.2. The first-order chi connectivity index (χ1) is 12.7. The van der Waals surface area contributed by atoms with Crippen LogP contribution in [0.4, 0.5) is 13.2 Å². The number of rotatable bonds is 7. The first-order valence-corrected chi connectivity index (χ1v) is 9.51. The molecule has 0 spiro atoms. The van der Waals surface area contributed by atoms with E-state index in [2.05, 4.69) is 11.6 Å². The lowest BCUT2D eigenvalue weighted by Gasteiger charge is -2.29. The van der Waals surface area contributed by atoms with E-state index in [1.807, 2.05) is 0 Å². The number of alkyl halides is 3. The number of thioether (sulfide) groups is 1. The monoisotopic (exact) mass is 401 g/mol. The molecule has 2 aliphatic rings. The number of Topliss-reactive ketones (excluding diaryl/α,β-unsaturated/α-hetero) is 1. The third-order valence-electron chi connectivity index (χ3n) is 4.30. The minimum Gasteiger partial charge on any atom is -0.496 e. The van der Waals surface area contributed by atoms with E-state index in [0.717, 1.165) is 22.5 Å². The average Bonchev–Trinajstić information content (AvgIpc) is 2.64. The van der Waals surface area contributed by atoms with Crippen molar-refractivity contribution in [3.63, 3.8) is 0 Å². The van der Waals surface area contributed by atoms with Gasteiger partial charge in [0.25, 0.3) is 0 Å². The molecule has 0 amide bonds. The fraction of sp³-hybridized carbons (Fsp3) is 0.474. The van der Waals surface area contributed by atoms with Gasteiger partial charge < -0.3 is 9.84 Å². The van der Waals surface area contributed by atoms with Crippen LogP contribution in [0.2, 0.25) is 0 Å². The number of aliphatic hydroxyl groups excluding tert-OH is 1. The highest BCUT2D eigenvalue weighted by Gasteiger charge is 2.46. The van der Waals surface area contributed by atoms with Gasteiger partial charge in [-0.15, -0.1) is 11.8 Å². The standard InChI is InChI=1S/C19H22F3NO3S/c1-3-13(11-17-12(2)26-9-10-27-17)15(24)6-7-16(25)18-14(19(20,21)22)5-4-8-23-18/h3-5,8,11,14,16,18,25H,1,6-7,9-10H2,2H3/b13-11+/t14-,16?,18?/m1/s1. The fourth-order valence-electron chi connectivity index (χ4n) is 2.82. The zero-order valence-electron chi connectivity index (χ0n) is 14.9. The SMILES string of the molecule is C=C/C(=C\C1=C(C)OCCS1)C(=O)CCC(O)C1N=CC=C[C@H]1C(F)(F)F. The molecule has 0 bridgehead atoms. The molecule has 0 aliphatic carbocycles. The van der Waals surface area contributed by atoms with Gasteiger partial charge in [0.1, 0.15) is 5.76 Å². The van der Waals surface area contributed by atoms with Crippen LogP contribution in [0.1, 0.15) is 19.8 Å². The van der Waals surface area contributed by atoms with Gasteiger partial charge in [-0.25, -0.2) is 0 Å². The summed E-state index contributed by atoms with van der Waals surface area (Å²) < 4.78 is 44.7. The van der Waals surface area contributed by atoms with Gasteiger partial charge in [0.2, 0.25) is 0 Å². The molecular weight excluding hydrogens is 379 g/mol. The number of carbonyl (C=O) groups excluding carboxylic acids is 1. The molecule has 8 heteroatoms. The molecule has 4 nitrogen and oxygen atoms in total. The molecule has 2 unspecified atom stereocenters. The summed E-state index contributed by atoms with van der Waals surface area (Å²) >= 11 is 1.56. The Balaban J connectivity index is 2.02. The minimum atomic E-state index is -4.50. The second-order valence-electron chi connectivity index (χ2n) is 6.19. The Bertz CT molecular complexity index is 695. The van der Waals surface area contributed by atoms with Crippen molar-refractivity contribution in [3.8, 4) is 0 Å². The van der Waals surface area contributed by atoms with Gasteiger partial charge in [-0.3, -0.25) is 9.79 Å². The Morgan fingerprint density at radius 3 is 2.93 bits per heavy atom. The Morgan fingerprint density at radius 1 is 1.56 bits per heavy atom. The van der Waals surface area contributed by atoms with Crippen LogP contribution in [0.5, 0.6) is 0 Å². The van der Waals surface area contributed by atoms with E-state index in [9.17, 15) is 23.1 Å². The van der Waals surface area contributed by atoms with Crippen molar-refractivity contribution in [3.05, 3.63) is 47.1 Å². The van der Waals surface area contributed by atoms with Crippen molar-refractivity contribution in [1.82, 2.24) is 0 Å². The highest BCUT2D eigenvalue weighted by Crippen LogP contribution is 2.35. The molecule has 2 heterocycles. The number of hydrogen-bond donors (Lipinski definition) is 1. The van der Waals surface area contributed by atoms with Crippen LogP contribution < -0.4 is 0 Å². The van der Waals surface area contributed by atoms with Crippen molar-refractivity contribution in [2.24, 2.45) is 10.9 Å². The molecule has 3 atom stereocenters. The Kier molecular flexibility index (Phi) is 7.49. The van der Waals surface area contributed by atoms with Gasteiger partial charge in [0, 0.05) is 28.9 Å². The summed E-state index contributed by atoms with van der Waals surface area (Å²) in [5, 5.41) is 10.2. The molecule has 2 aliphatic heterocycles. The minimum absolute atomic E-state index is 0.100. The number of halogens is 3. The fourth-order valence-corrected chi connectivity index (χ4v) is 3.68. The molecule has 0 saturated carbocycles. The quantitative estimate of drug-likeness (QED) is 0.518. The van der Waals surface area contributed by atoms with E-state index >= 15 is 0 Å². The molecule has 148 valence electrons. The number of dihydropyridines is 1. The van der Waals surface area contributed by atoms with Crippen LogP contribution in [0, 0.1) is 5.92 Å². The Labute approximate surface area is 160 Å². The van der Waals surface area contributed by atoms with Crippen LogP contribution in [-0.2, 0) is 9.53 Å². The summed E-state index contributed by atoms with van der Waals surface area (Å²) in [5.74, 6) is -0.665. The van der Waals surface area contributed by atoms with Gasteiger partial charge in [0.15, 0.2) is 5.78 Å². The largest absolute Gasteiger partial charge is 0.496 e. The lowest BCUT2D eigenvalue weighted by molar-refractivity contribution is -0.172. The lowest BCUT2D eigenvalue weighted by Crippen LogP contribution is -2.40. The lowest BCUT2D eigenvalue weighted by atomic mass is 9.89. The number of aliphatic imine (C=N–C) groups is 1. The molecule has 0 aromatic heterocycles. The van der Waals surface area contributed by atoms with E-state index in [1.165, 1.54) is 18.4 Å². The van der Waals surface area contributed by atoms with Crippen molar-refractivity contribution >= 4 is 23.8 Å². The first-order valence-electron chi connectivity index (χ1n) is 8.52. The van der Waals surface area contributed by atoms with Gasteiger partial charge in [-0.1, -0.05) is 18.7 Å². The van der Waals surface area contributed by atoms with E-state index in [4.69, 9.17) is 4.74 Å². The number of aliphatic hydroxyl groups is 1. The van der Waals surface area contributed by atoms with Gasteiger partial charge in [-0.2, -0.15) is 13.2 Å². The molecule has 1 N–H and O–H groups in total. The number of hydrogen-bond acceptors (Lipinski definition) is 5. The number of ether oxygens (including phenoxy) is 1. The Morgan fingerprint density at radius 2 is 2.30 bits per heavy atom. The molecule has 0 aromatic carbocycles. The average molecular weight is 401 g/mol. The molecule has 0 radical (unpaired) electrons. The summed E-state index contributed by atoms with van der Waals surface area (Å²) in [6, 6.07) is -1.34. The van der Waals surface area contributed by atoms with E-state index in [0.29, 0.717) is 12.2 Å². The summed E-state index contributed by atoms with van der Waals surface area (Å²) in [5.41, 5.74) is 0.342. The normalized spacial score (nSPS) is 24.6. The van der Waals surface area contributed by atoms with E-state index < -0.39 is 24.2 Å². The van der Waals surface area contributed by atoms with Crippen molar-refractivity contribution in [2.45, 2.75) is 38.1 Å². The zero-order valence-corrected chi connectivity index (χ0v) is 15.7. The van der Waals surface area contributed by atoms with Crippen molar-refractivity contribution < 1.29 is 27.8 Å². The predicted molar refractivity (Wildman–Crippen MR) is 101 cm³/mol. The summed E-state index contributed by atoms with van der Waals surface area (Å²) in [6.45, 7) is 6.04. The summed E-state index contributed by atoms with van der Waals surface area (Å²) in [6.07, 6.45) is 0.413. The molecular formula is C19H22F3NO3S. The van der Waals surface area contributed by atoms with E-state index in [1.54, 1.807) is 24.8 Å². The first kappa shape index (κ1) is 21.5. The molecule has 0 aromatic rings. The van der Waals surface area contributed by atoms with Gasteiger partial charge in [0.05, 0.1) is 24.7 Å². The van der Waals surface area contributed by atoms with Crippen molar-refractivity contribution in [2.75, 3.05) is 12.4 Å². The van der Waals surface area contributed by atoms with Crippen molar-refractivity contribution in [1.29, 1.82) is 0 Å². The topological polar surface area (TPSA) is 58.9 Å². The Hall–Kier alpha value is -1.80. The van der Waals surface area contributed by atoms with Gasteiger partial charge >= 0.3 is 6.18 Å². The highest BCUT2D eigenvalue weighted by molar-refractivity contribution is 8.03. The second kappa shape index (κ2) is 9.41. The summed E-state index contributed by atoms with van der Waals surface area (Å²) in [4.78, 5) is 17.0. The molecule has 27 heavy (non-hydrogen) atoms. The summed E-state index contributed by atoms with van der Waals surface area (Å²) in [7, 11) is 0. The van der Waals surface area contributed by atoms with Crippen LogP contribution in [0.3, 0.4) is 0 Å². The predicted octanol–water partition coefficient (Wildman–Crippen LogP) is 3.99. The van der Waals surface area contributed by atoms with Crippen LogP contribution in [-0.4, -0.2) is 47.8 Å². The zero-order chi connectivity index (χ0) is 20.0. The maximum Gasteiger partial charge on any atom is 0.397 e. The number of ketones is 1. The second-order valence-corrected chi connectivity index (χ2v) is 7.33. The third kappa shape index (κ3) is 5.84. The van der Waals surface area contributed by atoms with Crippen LogP contribution >= 0.6 is 11.8 Å². The van der Waals surface area contributed by atoms with Gasteiger partial charge in [-0.05, 0) is 25.5 Å². The third-order valence-corrected chi connectivity index (χ3v) is 5.39.